The van der Waals surface area contributed by atoms with E-state index in [1.807, 2.05) is 38.1 Å². The van der Waals surface area contributed by atoms with Crippen LogP contribution < -0.4 is 4.90 Å². The first-order valence-corrected chi connectivity index (χ1v) is 15.3. The first-order valence-electron chi connectivity index (χ1n) is 12.7. The minimum absolute atomic E-state index is 0.210. The summed E-state index contributed by atoms with van der Waals surface area (Å²) in [6, 6.07) is 10.0. The summed E-state index contributed by atoms with van der Waals surface area (Å²) in [5, 5.41) is 1.23. The molecule has 2 aromatic carbocycles. The molecule has 3 rings (SSSR count). The number of halogens is 1. The van der Waals surface area contributed by atoms with Crippen molar-refractivity contribution in [2.75, 3.05) is 45.2 Å². The molecule has 3 aromatic rings. The minimum atomic E-state index is -3.63. The third kappa shape index (κ3) is 7.29. The van der Waals surface area contributed by atoms with E-state index < -0.39 is 10.0 Å². The maximum Gasteiger partial charge on any atom is 0.260 e. The van der Waals surface area contributed by atoms with Gasteiger partial charge in [-0.2, -0.15) is 4.31 Å². The molecular weight excluding hydrogens is 528 g/mol. The van der Waals surface area contributed by atoms with Crippen LogP contribution in [0.15, 0.2) is 41.3 Å². The molecule has 0 bridgehead atoms. The Labute approximate surface area is 230 Å². The van der Waals surface area contributed by atoms with E-state index in [1.54, 1.807) is 33.5 Å². The molecule has 0 aliphatic heterocycles. The molecule has 0 spiro atoms. The van der Waals surface area contributed by atoms with Gasteiger partial charge in [0.15, 0.2) is 5.13 Å². The number of rotatable bonds is 13. The highest BCUT2D eigenvalue weighted by Crippen LogP contribution is 2.33. The first-order chi connectivity index (χ1) is 17.6. The van der Waals surface area contributed by atoms with Crippen molar-refractivity contribution in [2.24, 2.45) is 0 Å². The van der Waals surface area contributed by atoms with Crippen LogP contribution in [-0.4, -0.2) is 68.8 Å². The van der Waals surface area contributed by atoms with Gasteiger partial charge in [-0.25, -0.2) is 13.4 Å². The highest BCUT2D eigenvalue weighted by molar-refractivity contribution is 7.89. The van der Waals surface area contributed by atoms with Gasteiger partial charge in [-0.15, -0.1) is 0 Å². The van der Waals surface area contributed by atoms with E-state index in [0.717, 1.165) is 41.5 Å². The molecule has 1 amide bonds. The van der Waals surface area contributed by atoms with Gasteiger partial charge >= 0.3 is 0 Å². The maximum absolute atomic E-state index is 13.7. The van der Waals surface area contributed by atoms with Gasteiger partial charge < -0.3 is 4.90 Å². The summed E-state index contributed by atoms with van der Waals surface area (Å²) in [5.74, 6) is -0.220. The second-order valence-electron chi connectivity index (χ2n) is 9.46. The molecule has 7 nitrogen and oxygen atoms in total. The van der Waals surface area contributed by atoms with Crippen molar-refractivity contribution in [2.45, 2.75) is 51.3 Å². The number of aryl methyl sites for hydroxylation is 1. The number of anilines is 1. The lowest BCUT2D eigenvalue weighted by Gasteiger charge is -2.23. The van der Waals surface area contributed by atoms with Gasteiger partial charge in [-0.3, -0.25) is 9.69 Å². The van der Waals surface area contributed by atoms with Gasteiger partial charge in [-0.1, -0.05) is 49.6 Å². The standard InChI is InChI=1S/C27H37ClN4O3S2/c1-6-8-14-31(15-9-7-2)37(34,35)23-12-10-21(11-13-23)26(33)32(17-16-30(4)5)27-29-25-20(3)18-22(28)19-24(25)36-27/h10-13,18-19H,6-9,14-17H2,1-5H3. The lowest BCUT2D eigenvalue weighted by molar-refractivity contribution is 0.0985. The normalized spacial score (nSPS) is 12.1. The molecule has 0 saturated heterocycles. The number of aromatic nitrogens is 1. The van der Waals surface area contributed by atoms with Crippen molar-refractivity contribution in [3.63, 3.8) is 0 Å². The second-order valence-corrected chi connectivity index (χ2v) is 12.8. The third-order valence-electron chi connectivity index (χ3n) is 6.15. The van der Waals surface area contributed by atoms with E-state index in [2.05, 4.69) is 13.8 Å². The van der Waals surface area contributed by atoms with Crippen molar-refractivity contribution < 1.29 is 13.2 Å². The molecule has 0 fully saturated rings. The predicted octanol–water partition coefficient (Wildman–Crippen LogP) is 6.06. The topological polar surface area (TPSA) is 73.8 Å². The summed E-state index contributed by atoms with van der Waals surface area (Å²) in [5.41, 5.74) is 2.20. The van der Waals surface area contributed by atoms with E-state index in [1.165, 1.54) is 11.3 Å². The molecule has 0 N–H and O–H groups in total. The van der Waals surface area contributed by atoms with E-state index in [0.29, 0.717) is 41.9 Å². The van der Waals surface area contributed by atoms with Crippen molar-refractivity contribution in [3.05, 3.63) is 52.5 Å². The van der Waals surface area contributed by atoms with E-state index in [-0.39, 0.29) is 10.8 Å². The molecule has 0 radical (unpaired) electrons. The number of carbonyl (C=O) groups is 1. The van der Waals surface area contributed by atoms with Crippen LogP contribution in [0.3, 0.4) is 0 Å². The summed E-state index contributed by atoms with van der Waals surface area (Å²) < 4.78 is 29.1. The van der Waals surface area contributed by atoms with Gasteiger partial charge in [0.05, 0.1) is 15.1 Å². The van der Waals surface area contributed by atoms with Gasteiger partial charge in [-0.05, 0) is 75.8 Å². The molecule has 202 valence electrons. The smallest absolute Gasteiger partial charge is 0.260 e. The van der Waals surface area contributed by atoms with Crippen molar-refractivity contribution in [1.29, 1.82) is 0 Å². The molecule has 0 saturated carbocycles. The fourth-order valence-electron chi connectivity index (χ4n) is 3.94. The summed E-state index contributed by atoms with van der Waals surface area (Å²) in [6.07, 6.45) is 3.47. The summed E-state index contributed by atoms with van der Waals surface area (Å²) in [6.45, 7) is 8.14. The average molecular weight is 565 g/mol. The maximum atomic E-state index is 13.7. The molecule has 37 heavy (non-hydrogen) atoms. The molecule has 1 heterocycles. The van der Waals surface area contributed by atoms with Crippen LogP contribution in [0.5, 0.6) is 0 Å². The number of unbranched alkanes of at least 4 members (excludes halogenated alkanes) is 2. The Hall–Kier alpha value is -2.04. The van der Waals surface area contributed by atoms with Crippen LogP contribution in [0.4, 0.5) is 5.13 Å². The summed E-state index contributed by atoms with van der Waals surface area (Å²) in [7, 11) is 0.275. The lowest BCUT2D eigenvalue weighted by atomic mass is 10.2. The van der Waals surface area contributed by atoms with Gasteiger partial charge in [0.25, 0.3) is 5.91 Å². The Morgan fingerprint density at radius 2 is 1.59 bits per heavy atom. The molecule has 0 unspecified atom stereocenters. The second kappa shape index (κ2) is 13.2. The Morgan fingerprint density at radius 3 is 2.16 bits per heavy atom. The highest BCUT2D eigenvalue weighted by Gasteiger charge is 2.26. The number of fused-ring (bicyclic) bond motifs is 1. The monoisotopic (exact) mass is 564 g/mol. The number of likely N-dealkylation sites (N-methyl/N-ethyl adjacent to an activating group) is 1. The van der Waals surface area contributed by atoms with E-state index in [4.69, 9.17) is 16.6 Å². The zero-order valence-electron chi connectivity index (χ0n) is 22.3. The SMILES string of the molecule is CCCCN(CCCC)S(=O)(=O)c1ccc(C(=O)N(CCN(C)C)c2nc3c(C)cc(Cl)cc3s2)cc1. The molecule has 10 heteroatoms. The van der Waals surface area contributed by atoms with Crippen LogP contribution >= 0.6 is 22.9 Å². The van der Waals surface area contributed by atoms with Crippen molar-refractivity contribution in [1.82, 2.24) is 14.2 Å². The first kappa shape index (κ1) is 29.5. The predicted molar refractivity (Wildman–Crippen MR) is 155 cm³/mol. The van der Waals surface area contributed by atoms with Crippen LogP contribution in [0.25, 0.3) is 10.2 Å². The number of hydrogen-bond donors (Lipinski definition) is 0. The van der Waals surface area contributed by atoms with Crippen LogP contribution in [-0.2, 0) is 10.0 Å². The fourth-order valence-corrected chi connectivity index (χ4v) is 6.90. The number of hydrogen-bond acceptors (Lipinski definition) is 6. The van der Waals surface area contributed by atoms with Crippen LogP contribution in [0.1, 0.15) is 55.5 Å². The fraction of sp³-hybridized carbons (Fsp3) is 0.481. The lowest BCUT2D eigenvalue weighted by Crippen LogP contribution is -2.37. The molecule has 0 aliphatic rings. The van der Waals surface area contributed by atoms with Gasteiger partial charge in [0, 0.05) is 36.8 Å². The molecule has 1 aromatic heterocycles. The molecular formula is C27H37ClN4O3S2. The van der Waals surface area contributed by atoms with Gasteiger partial charge in [0.2, 0.25) is 10.0 Å². The number of thiazole rings is 1. The zero-order valence-corrected chi connectivity index (χ0v) is 24.7. The molecule has 0 atom stereocenters. The highest BCUT2D eigenvalue weighted by atomic mass is 35.5. The van der Waals surface area contributed by atoms with Crippen molar-refractivity contribution >= 4 is 54.2 Å². The number of nitrogens with zero attached hydrogens (tertiary/aromatic N) is 4. The quantitative estimate of drug-likeness (QED) is 0.252. The Balaban J connectivity index is 1.91. The summed E-state index contributed by atoms with van der Waals surface area (Å²) in [4.78, 5) is 22.3. The Kier molecular flexibility index (Phi) is 10.5. The Bertz CT molecular complexity index is 1300. The third-order valence-corrected chi connectivity index (χ3v) is 9.30. The minimum Gasteiger partial charge on any atom is -0.308 e. The zero-order chi connectivity index (χ0) is 27.2. The number of benzene rings is 2. The largest absolute Gasteiger partial charge is 0.308 e. The number of amides is 1. The van der Waals surface area contributed by atoms with E-state index in [9.17, 15) is 13.2 Å². The number of sulfonamides is 1. The van der Waals surface area contributed by atoms with Crippen LogP contribution in [0.2, 0.25) is 5.02 Å². The number of carbonyl (C=O) groups excluding carboxylic acids is 1. The average Bonchev–Trinajstić information content (AvgIpc) is 3.28. The summed E-state index contributed by atoms with van der Waals surface area (Å²) >= 11 is 7.67. The molecule has 0 aliphatic carbocycles. The van der Waals surface area contributed by atoms with E-state index >= 15 is 0 Å². The van der Waals surface area contributed by atoms with Crippen LogP contribution in [0, 0.1) is 6.92 Å². The Morgan fingerprint density at radius 1 is 0.973 bits per heavy atom. The van der Waals surface area contributed by atoms with Gasteiger partial charge in [0.1, 0.15) is 0 Å². The van der Waals surface area contributed by atoms with Crippen molar-refractivity contribution in [3.8, 4) is 0 Å².